The molecule has 0 spiro atoms. The first kappa shape index (κ1) is 30.7. The van der Waals surface area contributed by atoms with Crippen LogP contribution in [0.15, 0.2) is 176 Å². The summed E-state index contributed by atoms with van der Waals surface area (Å²) < 4.78 is 6.85. The van der Waals surface area contributed by atoms with Gasteiger partial charge in [-0.25, -0.2) is 0 Å². The number of nitriles is 2. The van der Waals surface area contributed by atoms with Crippen LogP contribution < -0.4 is 0 Å². The predicted octanol–water partition coefficient (Wildman–Crippen LogP) is 12.4. The molecule has 0 atom stereocenters. The van der Waals surface area contributed by atoms with E-state index in [9.17, 15) is 10.5 Å². The molecule has 11 rings (SSSR count). The van der Waals surface area contributed by atoms with Crippen LogP contribution in [0.25, 0.3) is 93.6 Å². The summed E-state index contributed by atoms with van der Waals surface area (Å²) in [5.74, 6) is 0. The fourth-order valence-electron chi connectivity index (χ4n) is 8.74. The minimum atomic E-state index is 0.559. The van der Waals surface area contributed by atoms with E-state index in [0.29, 0.717) is 11.1 Å². The van der Waals surface area contributed by atoms with Crippen LogP contribution in [-0.4, -0.2) is 13.7 Å². The lowest BCUT2D eigenvalue weighted by Crippen LogP contribution is -2.02. The highest BCUT2D eigenvalue weighted by Gasteiger charge is 2.22. The van der Waals surface area contributed by atoms with E-state index >= 15 is 0 Å². The van der Waals surface area contributed by atoms with Crippen LogP contribution in [0.5, 0.6) is 0 Å². The van der Waals surface area contributed by atoms with E-state index in [1.165, 1.54) is 32.6 Å². The van der Waals surface area contributed by atoms with Gasteiger partial charge >= 0.3 is 0 Å². The molecule has 5 nitrogen and oxygen atoms in total. The third-order valence-corrected chi connectivity index (χ3v) is 11.1. The van der Waals surface area contributed by atoms with Gasteiger partial charge in [-0.15, -0.1) is 0 Å². The zero-order chi connectivity index (χ0) is 36.6. The standard InChI is InChI=1S/C50H29N5/c51-30-32-20-26-48-42(28-32)41-14-9-19-49(54-46-17-7-3-12-39(46)40-13-4-8-18-47(40)54)50(41)55(48)43-27-23-34(29-35(43)31-52)33-21-24-36(25-22-33)53-44-15-5-1-10-37(44)38-11-2-6-16-45(38)53/h1-29H. The molecule has 0 aliphatic rings. The third kappa shape index (κ3) is 4.45. The minimum absolute atomic E-state index is 0.559. The second kappa shape index (κ2) is 11.8. The van der Waals surface area contributed by atoms with Crippen molar-refractivity contribution in [1.82, 2.24) is 13.7 Å². The summed E-state index contributed by atoms with van der Waals surface area (Å²) >= 11 is 0. The van der Waals surface area contributed by atoms with Gasteiger partial charge in [0.25, 0.3) is 0 Å². The van der Waals surface area contributed by atoms with Gasteiger partial charge in [-0.05, 0) is 83.9 Å². The number of para-hydroxylation sites is 5. The largest absolute Gasteiger partial charge is 0.309 e. The van der Waals surface area contributed by atoms with Crippen molar-refractivity contribution in [3.63, 3.8) is 0 Å². The molecule has 3 aromatic heterocycles. The van der Waals surface area contributed by atoms with Crippen LogP contribution in [-0.2, 0) is 0 Å². The molecule has 0 saturated carbocycles. The Bertz CT molecular complexity index is 3350. The predicted molar refractivity (Wildman–Crippen MR) is 224 cm³/mol. The first-order chi connectivity index (χ1) is 27.2. The number of nitrogens with zero attached hydrogens (tertiary/aromatic N) is 5. The molecule has 3 heterocycles. The molecule has 8 aromatic carbocycles. The molecular weight excluding hydrogens is 671 g/mol. The Morgan fingerprint density at radius 3 is 1.45 bits per heavy atom. The molecule has 254 valence electrons. The van der Waals surface area contributed by atoms with Crippen molar-refractivity contribution in [3.05, 3.63) is 187 Å². The molecule has 5 heteroatoms. The van der Waals surface area contributed by atoms with E-state index in [2.05, 4.69) is 177 Å². The summed E-state index contributed by atoms with van der Waals surface area (Å²) in [5, 5.41) is 27.5. The van der Waals surface area contributed by atoms with Crippen molar-refractivity contribution >= 4 is 65.4 Å². The van der Waals surface area contributed by atoms with Gasteiger partial charge in [0.1, 0.15) is 6.07 Å². The molecule has 0 amide bonds. The lowest BCUT2D eigenvalue weighted by molar-refractivity contribution is 1.12. The van der Waals surface area contributed by atoms with E-state index in [1.807, 2.05) is 24.3 Å². The lowest BCUT2D eigenvalue weighted by atomic mass is 10.0. The molecule has 11 aromatic rings. The van der Waals surface area contributed by atoms with Crippen molar-refractivity contribution in [2.45, 2.75) is 0 Å². The Balaban J connectivity index is 1.11. The van der Waals surface area contributed by atoms with Gasteiger partial charge in [0.2, 0.25) is 0 Å². The van der Waals surface area contributed by atoms with Gasteiger partial charge in [0.15, 0.2) is 0 Å². The molecular formula is C50H29N5. The van der Waals surface area contributed by atoms with Crippen LogP contribution in [0.4, 0.5) is 0 Å². The van der Waals surface area contributed by atoms with Crippen LogP contribution in [0.2, 0.25) is 0 Å². The van der Waals surface area contributed by atoms with E-state index in [1.54, 1.807) is 0 Å². The van der Waals surface area contributed by atoms with Gasteiger partial charge in [-0.2, -0.15) is 10.5 Å². The number of fused-ring (bicyclic) bond motifs is 9. The number of rotatable bonds is 4. The van der Waals surface area contributed by atoms with Crippen molar-refractivity contribution in [1.29, 1.82) is 10.5 Å². The second-order valence-corrected chi connectivity index (χ2v) is 14.0. The van der Waals surface area contributed by atoms with Crippen LogP contribution in [0.1, 0.15) is 11.1 Å². The van der Waals surface area contributed by atoms with E-state index < -0.39 is 0 Å². The van der Waals surface area contributed by atoms with Gasteiger partial charge in [-0.1, -0.05) is 103 Å². The van der Waals surface area contributed by atoms with Crippen molar-refractivity contribution in [3.8, 4) is 40.3 Å². The van der Waals surface area contributed by atoms with Crippen LogP contribution >= 0.6 is 0 Å². The molecule has 55 heavy (non-hydrogen) atoms. The van der Waals surface area contributed by atoms with Crippen molar-refractivity contribution < 1.29 is 0 Å². The maximum atomic E-state index is 10.8. The highest BCUT2D eigenvalue weighted by molar-refractivity contribution is 6.15. The summed E-state index contributed by atoms with van der Waals surface area (Å²) in [6.07, 6.45) is 0. The average molecular weight is 700 g/mol. The van der Waals surface area contributed by atoms with Gasteiger partial charge in [0, 0.05) is 38.0 Å². The maximum absolute atomic E-state index is 10.8. The quantitative estimate of drug-likeness (QED) is 0.184. The highest BCUT2D eigenvalue weighted by Crippen LogP contribution is 2.41. The molecule has 0 fully saturated rings. The SMILES string of the molecule is N#Cc1ccc2c(c1)c1cccc(-n3c4ccccc4c4ccccc43)c1n2-c1ccc(-c2ccc(-n3c4ccccc4c4ccccc43)cc2)cc1C#N. The molecule has 0 N–H and O–H groups in total. The normalized spacial score (nSPS) is 11.6. The van der Waals surface area contributed by atoms with Crippen LogP contribution in [0, 0.1) is 22.7 Å². The maximum Gasteiger partial charge on any atom is 0.101 e. The van der Waals surface area contributed by atoms with E-state index in [0.717, 1.165) is 61.0 Å². The smallest absolute Gasteiger partial charge is 0.101 e. The molecule has 0 bridgehead atoms. The number of hydrogen-bond acceptors (Lipinski definition) is 2. The second-order valence-electron chi connectivity index (χ2n) is 14.0. The number of aromatic nitrogens is 3. The first-order valence-electron chi connectivity index (χ1n) is 18.3. The summed E-state index contributed by atoms with van der Waals surface area (Å²) in [6, 6.07) is 65.9. The van der Waals surface area contributed by atoms with E-state index in [4.69, 9.17) is 0 Å². The average Bonchev–Trinajstić information content (AvgIpc) is 3.89. The van der Waals surface area contributed by atoms with Crippen molar-refractivity contribution in [2.24, 2.45) is 0 Å². The summed E-state index contributed by atoms with van der Waals surface area (Å²) in [6.45, 7) is 0. The zero-order valence-electron chi connectivity index (χ0n) is 29.5. The third-order valence-electron chi connectivity index (χ3n) is 11.1. The zero-order valence-corrected chi connectivity index (χ0v) is 29.5. The topological polar surface area (TPSA) is 62.4 Å². The summed E-state index contributed by atoms with van der Waals surface area (Å²) in [5.41, 5.74) is 12.4. The van der Waals surface area contributed by atoms with Crippen molar-refractivity contribution in [2.75, 3.05) is 0 Å². The summed E-state index contributed by atoms with van der Waals surface area (Å²) in [4.78, 5) is 0. The molecule has 0 aliphatic heterocycles. The molecule has 0 radical (unpaired) electrons. The minimum Gasteiger partial charge on any atom is -0.309 e. The number of benzene rings is 8. The highest BCUT2D eigenvalue weighted by atomic mass is 15.1. The fourth-order valence-corrected chi connectivity index (χ4v) is 8.74. The Morgan fingerprint density at radius 1 is 0.345 bits per heavy atom. The van der Waals surface area contributed by atoms with Gasteiger partial charge in [-0.3, -0.25) is 0 Å². The van der Waals surface area contributed by atoms with E-state index in [-0.39, 0.29) is 0 Å². The lowest BCUT2D eigenvalue weighted by Gasteiger charge is -2.16. The number of hydrogen-bond donors (Lipinski definition) is 0. The first-order valence-corrected chi connectivity index (χ1v) is 18.3. The Kier molecular flexibility index (Phi) is 6.61. The monoisotopic (exact) mass is 699 g/mol. The Morgan fingerprint density at radius 2 is 0.873 bits per heavy atom. The Labute approximate surface area is 316 Å². The molecule has 0 unspecified atom stereocenters. The van der Waals surface area contributed by atoms with Gasteiger partial charge < -0.3 is 13.7 Å². The molecule has 0 aliphatic carbocycles. The molecule has 0 saturated heterocycles. The van der Waals surface area contributed by atoms with Gasteiger partial charge in [0.05, 0.1) is 61.7 Å². The Hall–Kier alpha value is -7.86. The summed E-state index contributed by atoms with van der Waals surface area (Å²) in [7, 11) is 0. The fraction of sp³-hybridized carbons (Fsp3) is 0. The van der Waals surface area contributed by atoms with Crippen LogP contribution in [0.3, 0.4) is 0 Å².